The van der Waals surface area contributed by atoms with E-state index in [-0.39, 0.29) is 17.0 Å². The van der Waals surface area contributed by atoms with Crippen LogP contribution in [-0.2, 0) is 21.4 Å². The second-order valence-electron chi connectivity index (χ2n) is 6.93. The number of carbonyl (C=O) groups is 2. The molecule has 8 nitrogen and oxygen atoms in total. The number of benzene rings is 3. The fourth-order valence-electron chi connectivity index (χ4n) is 2.85. The number of nitrogens with one attached hydrogen (secondary N) is 1. The largest absolute Gasteiger partial charge is 0.478 e. The molecular formula is C23H20BrN3O5S. The van der Waals surface area contributed by atoms with Crippen LogP contribution in [0.25, 0.3) is 0 Å². The fraction of sp³-hybridized carbons (Fsp3) is 0.0870. The highest BCUT2D eigenvalue weighted by atomic mass is 79.9. The number of hydrazone groups is 1. The second-order valence-corrected chi connectivity index (χ2v) is 9.79. The first kappa shape index (κ1) is 24.3. The molecule has 0 saturated carbocycles. The molecule has 3 aromatic carbocycles. The van der Waals surface area contributed by atoms with E-state index < -0.39 is 28.4 Å². The van der Waals surface area contributed by atoms with Gasteiger partial charge in [0.05, 0.1) is 23.2 Å². The van der Waals surface area contributed by atoms with Crippen molar-refractivity contribution < 1.29 is 23.1 Å². The minimum absolute atomic E-state index is 0.00169. The second kappa shape index (κ2) is 11.0. The molecule has 0 aliphatic carbocycles. The summed E-state index contributed by atoms with van der Waals surface area (Å²) in [7, 11) is -3.94. The molecule has 3 rings (SSSR count). The molecule has 3 aromatic rings. The molecule has 0 aliphatic heterocycles. The molecule has 0 bridgehead atoms. The van der Waals surface area contributed by atoms with Crippen LogP contribution in [0.4, 0.5) is 0 Å². The van der Waals surface area contributed by atoms with Gasteiger partial charge in [-0.15, -0.1) is 0 Å². The fourth-order valence-corrected chi connectivity index (χ4v) is 4.52. The van der Waals surface area contributed by atoms with E-state index in [0.29, 0.717) is 11.1 Å². The molecule has 0 fully saturated rings. The van der Waals surface area contributed by atoms with Crippen molar-refractivity contribution in [2.75, 3.05) is 6.54 Å². The average molecular weight is 530 g/mol. The number of carboxylic acids is 1. The zero-order valence-electron chi connectivity index (χ0n) is 17.3. The third kappa shape index (κ3) is 6.82. The van der Waals surface area contributed by atoms with Gasteiger partial charge in [0.25, 0.3) is 5.91 Å². The Kier molecular flexibility index (Phi) is 8.10. The van der Waals surface area contributed by atoms with Gasteiger partial charge in [-0.05, 0) is 47.5 Å². The monoisotopic (exact) mass is 529 g/mol. The number of aromatic carboxylic acids is 1. The van der Waals surface area contributed by atoms with E-state index in [1.165, 1.54) is 30.5 Å². The zero-order valence-corrected chi connectivity index (χ0v) is 19.7. The first-order valence-electron chi connectivity index (χ1n) is 9.70. The maximum Gasteiger partial charge on any atom is 0.335 e. The molecule has 0 unspecified atom stereocenters. The van der Waals surface area contributed by atoms with E-state index in [2.05, 4.69) is 26.5 Å². The lowest BCUT2D eigenvalue weighted by Crippen LogP contribution is -2.39. The summed E-state index contributed by atoms with van der Waals surface area (Å²) in [6.45, 7) is -0.444. The number of halogens is 1. The van der Waals surface area contributed by atoms with Crippen LogP contribution in [-0.4, -0.2) is 42.5 Å². The van der Waals surface area contributed by atoms with Gasteiger partial charge in [0, 0.05) is 11.0 Å². The van der Waals surface area contributed by atoms with Gasteiger partial charge in [-0.2, -0.15) is 9.41 Å². The van der Waals surface area contributed by atoms with Crippen LogP contribution >= 0.6 is 15.9 Å². The van der Waals surface area contributed by atoms with Crippen molar-refractivity contribution in [3.05, 3.63) is 100 Å². The molecule has 10 heteroatoms. The Labute approximate surface area is 199 Å². The lowest BCUT2D eigenvalue weighted by atomic mass is 10.1. The Balaban J connectivity index is 1.74. The van der Waals surface area contributed by atoms with E-state index in [0.717, 1.165) is 8.78 Å². The van der Waals surface area contributed by atoms with Gasteiger partial charge in [-0.1, -0.05) is 58.4 Å². The number of hydrogen-bond donors (Lipinski definition) is 2. The predicted molar refractivity (Wildman–Crippen MR) is 127 cm³/mol. The predicted octanol–water partition coefficient (Wildman–Crippen LogP) is 3.49. The van der Waals surface area contributed by atoms with Crippen LogP contribution in [0, 0.1) is 0 Å². The quantitative estimate of drug-likeness (QED) is 0.325. The van der Waals surface area contributed by atoms with Crippen molar-refractivity contribution in [2.45, 2.75) is 11.4 Å². The van der Waals surface area contributed by atoms with Crippen LogP contribution < -0.4 is 5.43 Å². The molecule has 1 amide bonds. The smallest absolute Gasteiger partial charge is 0.335 e. The molecule has 0 atom stereocenters. The SMILES string of the molecule is O=C(CN(Cc1ccc(Br)cc1)S(=O)(=O)c1ccccc1)N/N=C\c1ccc(C(=O)O)cc1. The zero-order chi connectivity index (χ0) is 23.8. The molecule has 170 valence electrons. The van der Waals surface area contributed by atoms with Crippen molar-refractivity contribution in [1.29, 1.82) is 0 Å². The maximum absolute atomic E-state index is 13.2. The minimum Gasteiger partial charge on any atom is -0.478 e. The van der Waals surface area contributed by atoms with Gasteiger partial charge < -0.3 is 5.11 Å². The highest BCUT2D eigenvalue weighted by Crippen LogP contribution is 2.19. The highest BCUT2D eigenvalue weighted by molar-refractivity contribution is 9.10. The van der Waals surface area contributed by atoms with Crippen molar-refractivity contribution in [1.82, 2.24) is 9.73 Å². The van der Waals surface area contributed by atoms with E-state index in [1.54, 1.807) is 54.6 Å². The molecule has 0 radical (unpaired) electrons. The first-order chi connectivity index (χ1) is 15.8. The van der Waals surface area contributed by atoms with Crippen LogP contribution in [0.5, 0.6) is 0 Å². The number of sulfonamides is 1. The number of carbonyl (C=O) groups excluding carboxylic acids is 1. The molecule has 2 N–H and O–H groups in total. The van der Waals surface area contributed by atoms with E-state index in [4.69, 9.17) is 5.11 Å². The van der Waals surface area contributed by atoms with Gasteiger partial charge in [-0.3, -0.25) is 4.79 Å². The number of nitrogens with zero attached hydrogens (tertiary/aromatic N) is 2. The van der Waals surface area contributed by atoms with Gasteiger partial charge in [0.2, 0.25) is 10.0 Å². The van der Waals surface area contributed by atoms with Gasteiger partial charge in [0.1, 0.15) is 0 Å². The summed E-state index contributed by atoms with van der Waals surface area (Å²) in [5.41, 5.74) is 3.74. The normalized spacial score (nSPS) is 11.6. The first-order valence-corrected chi connectivity index (χ1v) is 11.9. The molecule has 0 saturated heterocycles. The number of carboxylic acid groups (broad SMARTS) is 1. The number of hydrogen-bond acceptors (Lipinski definition) is 5. The number of rotatable bonds is 9. The molecule has 0 aromatic heterocycles. The van der Waals surface area contributed by atoms with Crippen LogP contribution in [0.15, 0.2) is 93.3 Å². The van der Waals surface area contributed by atoms with Crippen molar-refractivity contribution in [3.63, 3.8) is 0 Å². The van der Waals surface area contributed by atoms with Gasteiger partial charge >= 0.3 is 5.97 Å². The van der Waals surface area contributed by atoms with Gasteiger partial charge in [0.15, 0.2) is 0 Å². The summed E-state index contributed by atoms with van der Waals surface area (Å²) in [6.07, 6.45) is 1.34. The summed E-state index contributed by atoms with van der Waals surface area (Å²) in [5.74, 6) is -1.66. The lowest BCUT2D eigenvalue weighted by Gasteiger charge is -2.21. The molecule has 0 heterocycles. The Morgan fingerprint density at radius 1 is 0.970 bits per heavy atom. The summed E-state index contributed by atoms with van der Waals surface area (Å²) in [6, 6.07) is 20.9. The molecular weight excluding hydrogens is 510 g/mol. The topological polar surface area (TPSA) is 116 Å². The Morgan fingerprint density at radius 3 is 2.21 bits per heavy atom. The van der Waals surface area contributed by atoms with E-state index >= 15 is 0 Å². The van der Waals surface area contributed by atoms with Crippen molar-refractivity contribution in [2.24, 2.45) is 5.10 Å². The third-order valence-electron chi connectivity index (χ3n) is 4.53. The van der Waals surface area contributed by atoms with Crippen molar-refractivity contribution >= 4 is 44.0 Å². The lowest BCUT2D eigenvalue weighted by molar-refractivity contribution is -0.121. The Bertz CT molecular complexity index is 1250. The highest BCUT2D eigenvalue weighted by Gasteiger charge is 2.26. The third-order valence-corrected chi connectivity index (χ3v) is 6.87. The molecule has 0 spiro atoms. The molecule has 33 heavy (non-hydrogen) atoms. The summed E-state index contributed by atoms with van der Waals surface area (Å²) >= 11 is 3.35. The van der Waals surface area contributed by atoms with Crippen LogP contribution in [0.2, 0.25) is 0 Å². The number of amides is 1. The minimum atomic E-state index is -3.94. The average Bonchev–Trinajstić information content (AvgIpc) is 2.81. The van der Waals surface area contributed by atoms with Crippen LogP contribution in [0.3, 0.4) is 0 Å². The van der Waals surface area contributed by atoms with E-state index in [1.807, 2.05) is 0 Å². The van der Waals surface area contributed by atoms with Crippen molar-refractivity contribution in [3.8, 4) is 0 Å². The maximum atomic E-state index is 13.2. The van der Waals surface area contributed by atoms with Gasteiger partial charge in [-0.25, -0.2) is 18.6 Å². The standard InChI is InChI=1S/C23H20BrN3O5S/c24-20-12-8-18(9-13-20)15-27(33(31,32)21-4-2-1-3-5-21)16-22(28)26-25-14-17-6-10-19(11-7-17)23(29)30/h1-14H,15-16H2,(H,26,28)(H,29,30)/b25-14-. The summed E-state index contributed by atoms with van der Waals surface area (Å²) in [4.78, 5) is 23.5. The summed E-state index contributed by atoms with van der Waals surface area (Å²) in [5, 5.41) is 12.8. The Hall–Kier alpha value is -3.34. The van der Waals surface area contributed by atoms with Crippen LogP contribution in [0.1, 0.15) is 21.5 Å². The van der Waals surface area contributed by atoms with E-state index in [9.17, 15) is 18.0 Å². The summed E-state index contributed by atoms with van der Waals surface area (Å²) < 4.78 is 28.3. The Morgan fingerprint density at radius 2 is 1.61 bits per heavy atom. The molecule has 0 aliphatic rings.